The average Bonchev–Trinajstić information content (AvgIpc) is 2.99. The Bertz CT molecular complexity index is 1590. The van der Waals surface area contributed by atoms with Gasteiger partial charge in [0, 0.05) is 34.5 Å². The number of amides is 3. The first-order valence-corrected chi connectivity index (χ1v) is 12.7. The number of carbonyl (C=O) groups excluding carboxylic acids is 4. The highest BCUT2D eigenvalue weighted by Crippen LogP contribution is 2.20. The first-order valence-electron chi connectivity index (χ1n) is 12.7. The Kier molecular flexibility index (Phi) is 9.55. The molecule has 4 aromatic carbocycles. The highest BCUT2D eigenvalue weighted by Gasteiger charge is 2.10. The number of benzene rings is 4. The Morgan fingerprint density at radius 2 is 1.27 bits per heavy atom. The van der Waals surface area contributed by atoms with E-state index in [0.29, 0.717) is 16.8 Å². The molecule has 0 fully saturated rings. The first-order chi connectivity index (χ1) is 19.9. The van der Waals surface area contributed by atoms with E-state index in [2.05, 4.69) is 16.2 Å². The Labute approximate surface area is 237 Å². The zero-order valence-electron chi connectivity index (χ0n) is 22.2. The monoisotopic (exact) mass is 545 g/mol. The van der Waals surface area contributed by atoms with Gasteiger partial charge in [0.05, 0.1) is 0 Å². The normalized spacial score (nSPS) is 10.8. The van der Waals surface area contributed by atoms with E-state index in [0.717, 1.165) is 11.1 Å². The molecule has 0 bridgehead atoms. The Balaban J connectivity index is 1.27. The van der Waals surface area contributed by atoms with Crippen LogP contribution in [0.2, 0.25) is 0 Å². The number of hydrogen-bond acceptors (Lipinski definition) is 5. The number of aryl methyl sites for hydroxylation is 1. The van der Waals surface area contributed by atoms with Gasteiger partial charge < -0.3 is 10.1 Å². The number of hydrogen-bond donors (Lipinski definition) is 3. The number of ether oxygens (including phenoxy) is 1. The smallest absolute Gasteiger partial charge is 0.336 e. The van der Waals surface area contributed by atoms with Gasteiger partial charge in [-0.05, 0) is 67.1 Å². The molecule has 3 amide bonds. The second kappa shape index (κ2) is 13.9. The van der Waals surface area contributed by atoms with Gasteiger partial charge in [0.1, 0.15) is 5.75 Å². The third-order valence-corrected chi connectivity index (χ3v) is 5.77. The average molecular weight is 546 g/mol. The van der Waals surface area contributed by atoms with Gasteiger partial charge in [0.2, 0.25) is 0 Å². The Morgan fingerprint density at radius 3 is 2.00 bits per heavy atom. The van der Waals surface area contributed by atoms with Crippen molar-refractivity contribution in [1.82, 2.24) is 10.9 Å². The summed E-state index contributed by atoms with van der Waals surface area (Å²) in [4.78, 5) is 49.4. The van der Waals surface area contributed by atoms with E-state index in [4.69, 9.17) is 4.74 Å². The number of esters is 1. The van der Waals surface area contributed by atoms with Crippen molar-refractivity contribution in [2.45, 2.75) is 6.92 Å². The summed E-state index contributed by atoms with van der Waals surface area (Å²) in [5.74, 6) is -1.68. The van der Waals surface area contributed by atoms with Crippen molar-refractivity contribution in [3.8, 4) is 5.75 Å². The second-order valence-corrected chi connectivity index (χ2v) is 8.88. The Hall–Kier alpha value is -5.76. The maximum Gasteiger partial charge on any atom is 0.336 e. The van der Waals surface area contributed by atoms with E-state index in [1.54, 1.807) is 54.6 Å². The molecule has 0 aliphatic carbocycles. The van der Waals surface area contributed by atoms with Crippen LogP contribution in [-0.2, 0) is 9.59 Å². The van der Waals surface area contributed by atoms with E-state index in [1.807, 2.05) is 49.4 Å². The largest absolute Gasteiger partial charge is 0.423 e. The zero-order chi connectivity index (χ0) is 29.0. The van der Waals surface area contributed by atoms with Crippen LogP contribution in [0, 0.1) is 6.92 Å². The van der Waals surface area contributed by atoms with Gasteiger partial charge in [0.15, 0.2) is 0 Å². The molecule has 0 radical (unpaired) electrons. The molecule has 204 valence electrons. The van der Waals surface area contributed by atoms with E-state index in [1.165, 1.54) is 30.4 Å². The fourth-order valence-corrected chi connectivity index (χ4v) is 3.59. The van der Waals surface area contributed by atoms with Crippen LogP contribution in [0.5, 0.6) is 5.75 Å². The summed E-state index contributed by atoms with van der Waals surface area (Å²) in [7, 11) is 0. The molecule has 8 heteroatoms. The maximum absolute atomic E-state index is 12.4. The van der Waals surface area contributed by atoms with Gasteiger partial charge >= 0.3 is 5.97 Å². The molecule has 0 saturated carbocycles. The minimum atomic E-state index is -0.592. The molecule has 41 heavy (non-hydrogen) atoms. The zero-order valence-corrected chi connectivity index (χ0v) is 22.2. The van der Waals surface area contributed by atoms with Crippen LogP contribution in [0.15, 0.2) is 115 Å². The number of anilines is 1. The lowest BCUT2D eigenvalue weighted by Crippen LogP contribution is -2.40. The van der Waals surface area contributed by atoms with Crippen LogP contribution in [-0.4, -0.2) is 23.7 Å². The van der Waals surface area contributed by atoms with Crippen molar-refractivity contribution in [3.05, 3.63) is 143 Å². The summed E-state index contributed by atoms with van der Waals surface area (Å²) < 4.78 is 5.41. The molecule has 0 unspecified atom stereocenters. The van der Waals surface area contributed by atoms with Crippen LogP contribution in [0.1, 0.15) is 37.4 Å². The minimum Gasteiger partial charge on any atom is -0.423 e. The molecule has 3 N–H and O–H groups in total. The molecular weight excluding hydrogens is 518 g/mol. The number of rotatable bonds is 8. The van der Waals surface area contributed by atoms with Crippen molar-refractivity contribution in [1.29, 1.82) is 0 Å². The number of para-hydroxylation sites is 1. The summed E-state index contributed by atoms with van der Waals surface area (Å²) >= 11 is 0. The fourth-order valence-electron chi connectivity index (χ4n) is 3.59. The van der Waals surface area contributed by atoms with Crippen LogP contribution < -0.4 is 20.9 Å². The first kappa shape index (κ1) is 28.3. The highest BCUT2D eigenvalue weighted by molar-refractivity contribution is 6.04. The quantitative estimate of drug-likeness (QED) is 0.120. The lowest BCUT2D eigenvalue weighted by molar-refractivity contribution is -0.128. The standard InChI is InChI=1S/C33H27N3O5/c1-23-11-14-26(15-12-23)32(39)34-28-19-16-27(17-20-28)33(40)36-35-30(37)21-18-25-9-5-6-10-29(25)41-31(38)22-13-24-7-3-2-4-8-24/h2-22H,1H3,(H,34,39)(H,35,37)(H,36,40)/b21-18+,22-13+. The van der Waals surface area contributed by atoms with Gasteiger partial charge in [-0.15, -0.1) is 0 Å². The van der Waals surface area contributed by atoms with Gasteiger partial charge in [-0.25, -0.2) is 4.79 Å². The molecule has 0 aliphatic rings. The van der Waals surface area contributed by atoms with Crippen LogP contribution >= 0.6 is 0 Å². The molecule has 0 heterocycles. The van der Waals surface area contributed by atoms with Crippen molar-refractivity contribution in [2.24, 2.45) is 0 Å². The predicted octanol–water partition coefficient (Wildman–Crippen LogP) is 5.34. The third kappa shape index (κ3) is 8.62. The lowest BCUT2D eigenvalue weighted by Gasteiger charge is -2.08. The molecule has 8 nitrogen and oxygen atoms in total. The third-order valence-electron chi connectivity index (χ3n) is 5.77. The molecular formula is C33H27N3O5. The van der Waals surface area contributed by atoms with Gasteiger partial charge in [-0.1, -0.05) is 66.2 Å². The topological polar surface area (TPSA) is 114 Å². The van der Waals surface area contributed by atoms with Gasteiger partial charge in [-0.2, -0.15) is 0 Å². The lowest BCUT2D eigenvalue weighted by atomic mass is 10.1. The summed E-state index contributed by atoms with van der Waals surface area (Å²) in [6.07, 6.45) is 5.64. The van der Waals surface area contributed by atoms with Crippen LogP contribution in [0.3, 0.4) is 0 Å². The van der Waals surface area contributed by atoms with Crippen LogP contribution in [0.25, 0.3) is 12.2 Å². The molecule has 0 saturated heterocycles. The van der Waals surface area contributed by atoms with Crippen molar-refractivity contribution >= 4 is 41.5 Å². The maximum atomic E-state index is 12.4. The number of hydrazine groups is 1. The van der Waals surface area contributed by atoms with Crippen molar-refractivity contribution in [2.75, 3.05) is 5.32 Å². The van der Waals surface area contributed by atoms with E-state index in [9.17, 15) is 19.2 Å². The molecule has 0 aliphatic heterocycles. The van der Waals surface area contributed by atoms with Crippen molar-refractivity contribution in [3.63, 3.8) is 0 Å². The summed E-state index contributed by atoms with van der Waals surface area (Å²) in [6, 6.07) is 29.5. The molecule has 0 spiro atoms. The van der Waals surface area contributed by atoms with E-state index < -0.39 is 17.8 Å². The summed E-state index contributed by atoms with van der Waals surface area (Å²) in [6.45, 7) is 1.94. The second-order valence-electron chi connectivity index (χ2n) is 8.88. The summed E-state index contributed by atoms with van der Waals surface area (Å²) in [5.41, 5.74) is 8.38. The van der Waals surface area contributed by atoms with Gasteiger partial charge in [-0.3, -0.25) is 25.2 Å². The predicted molar refractivity (Wildman–Crippen MR) is 158 cm³/mol. The minimum absolute atomic E-state index is 0.263. The molecule has 4 rings (SSSR count). The van der Waals surface area contributed by atoms with Crippen LogP contribution in [0.4, 0.5) is 5.69 Å². The van der Waals surface area contributed by atoms with Crippen molar-refractivity contribution < 1.29 is 23.9 Å². The molecule has 4 aromatic rings. The highest BCUT2D eigenvalue weighted by atomic mass is 16.5. The fraction of sp³-hybridized carbons (Fsp3) is 0.0303. The Morgan fingerprint density at radius 1 is 0.634 bits per heavy atom. The van der Waals surface area contributed by atoms with Gasteiger partial charge in [0.25, 0.3) is 17.7 Å². The molecule has 0 aromatic heterocycles. The van der Waals surface area contributed by atoms with E-state index in [-0.39, 0.29) is 17.2 Å². The summed E-state index contributed by atoms with van der Waals surface area (Å²) in [5, 5.41) is 2.77. The molecule has 0 atom stereocenters. The number of nitrogens with one attached hydrogen (secondary N) is 3. The SMILES string of the molecule is Cc1ccc(C(=O)Nc2ccc(C(=O)NNC(=O)/C=C/c3ccccc3OC(=O)/C=C/c3ccccc3)cc2)cc1. The van der Waals surface area contributed by atoms with E-state index >= 15 is 0 Å². The number of carbonyl (C=O) groups is 4.